The van der Waals surface area contributed by atoms with Crippen molar-refractivity contribution in [2.24, 2.45) is 0 Å². The van der Waals surface area contributed by atoms with Crippen molar-refractivity contribution in [1.29, 1.82) is 5.26 Å². The first kappa shape index (κ1) is 9.41. The van der Waals surface area contributed by atoms with Gasteiger partial charge in [-0.1, -0.05) is 17.7 Å². The lowest BCUT2D eigenvalue weighted by molar-refractivity contribution is 0.0744. The molecule has 1 aromatic rings. The number of fused-ring (bicyclic) bond motifs is 1. The second-order valence-corrected chi connectivity index (χ2v) is 4.57. The quantitative estimate of drug-likeness (QED) is 0.716. The molecule has 1 unspecified atom stereocenters. The molecule has 3 heteroatoms. The Kier molecular flexibility index (Phi) is 1.81. The number of rotatable bonds is 1. The molecule has 2 aliphatic rings. The summed E-state index contributed by atoms with van der Waals surface area (Å²) in [5.74, 6) is 0.0315. The third-order valence-electron chi connectivity index (χ3n) is 3.31. The summed E-state index contributed by atoms with van der Waals surface area (Å²) in [7, 11) is 0. The van der Waals surface area contributed by atoms with E-state index in [0.29, 0.717) is 11.6 Å². The molecule has 1 fully saturated rings. The summed E-state index contributed by atoms with van der Waals surface area (Å²) in [6.07, 6.45) is 2.08. The molecule has 1 amide bonds. The van der Waals surface area contributed by atoms with E-state index in [-0.39, 0.29) is 11.9 Å². The van der Waals surface area contributed by atoms with Crippen molar-refractivity contribution >= 4 is 5.91 Å². The van der Waals surface area contributed by atoms with Crippen molar-refractivity contribution in [3.05, 3.63) is 34.9 Å². The Balaban J connectivity index is 2.13. The number of carbonyl (C=O) groups excluding carboxylic acids is 1. The monoisotopic (exact) mass is 212 g/mol. The maximum Gasteiger partial charge on any atom is 0.255 e. The van der Waals surface area contributed by atoms with Crippen LogP contribution < -0.4 is 0 Å². The van der Waals surface area contributed by atoms with Gasteiger partial charge in [-0.15, -0.1) is 0 Å². The van der Waals surface area contributed by atoms with Crippen LogP contribution in [0.2, 0.25) is 0 Å². The molecule has 0 radical (unpaired) electrons. The van der Waals surface area contributed by atoms with E-state index in [0.717, 1.165) is 24.0 Å². The molecule has 1 saturated carbocycles. The van der Waals surface area contributed by atoms with Crippen molar-refractivity contribution < 1.29 is 4.79 Å². The number of benzene rings is 1. The maximum absolute atomic E-state index is 12.1. The fourth-order valence-electron chi connectivity index (χ4n) is 2.37. The van der Waals surface area contributed by atoms with E-state index in [1.165, 1.54) is 0 Å². The molecule has 1 aromatic carbocycles. The fraction of sp³-hybridized carbons (Fsp3) is 0.385. The van der Waals surface area contributed by atoms with E-state index < -0.39 is 0 Å². The minimum Gasteiger partial charge on any atom is -0.315 e. The van der Waals surface area contributed by atoms with Crippen molar-refractivity contribution in [3.8, 4) is 6.07 Å². The number of hydrogen-bond donors (Lipinski definition) is 0. The minimum absolute atomic E-state index is 0.0315. The Morgan fingerprint density at radius 2 is 2.19 bits per heavy atom. The summed E-state index contributed by atoms with van der Waals surface area (Å²) in [6.45, 7) is 1.99. The van der Waals surface area contributed by atoms with Gasteiger partial charge in [-0.2, -0.15) is 5.26 Å². The van der Waals surface area contributed by atoms with Crippen molar-refractivity contribution in [2.45, 2.75) is 31.8 Å². The van der Waals surface area contributed by atoms with Gasteiger partial charge in [0.25, 0.3) is 5.91 Å². The van der Waals surface area contributed by atoms with Crippen LogP contribution in [0.3, 0.4) is 0 Å². The highest BCUT2D eigenvalue weighted by atomic mass is 16.2. The zero-order valence-electron chi connectivity index (χ0n) is 9.10. The van der Waals surface area contributed by atoms with Gasteiger partial charge in [0.1, 0.15) is 6.04 Å². The van der Waals surface area contributed by atoms with Gasteiger partial charge in [0.2, 0.25) is 0 Å². The van der Waals surface area contributed by atoms with E-state index >= 15 is 0 Å². The number of carbonyl (C=O) groups is 1. The van der Waals surface area contributed by atoms with Crippen LogP contribution in [-0.4, -0.2) is 16.8 Å². The summed E-state index contributed by atoms with van der Waals surface area (Å²) in [4.78, 5) is 13.9. The second-order valence-electron chi connectivity index (χ2n) is 4.57. The molecule has 1 aliphatic carbocycles. The predicted molar refractivity (Wildman–Crippen MR) is 58.7 cm³/mol. The smallest absolute Gasteiger partial charge is 0.255 e. The molecule has 3 nitrogen and oxygen atoms in total. The highest BCUT2D eigenvalue weighted by Crippen LogP contribution is 2.41. The van der Waals surface area contributed by atoms with Crippen molar-refractivity contribution in [1.82, 2.24) is 4.90 Å². The summed E-state index contributed by atoms with van der Waals surface area (Å²) in [6, 6.07) is 7.93. The van der Waals surface area contributed by atoms with Crippen LogP contribution in [-0.2, 0) is 0 Å². The predicted octanol–water partition coefficient (Wildman–Crippen LogP) is 2.18. The Bertz CT molecular complexity index is 511. The van der Waals surface area contributed by atoms with Gasteiger partial charge in [-0.25, -0.2) is 0 Å². The highest BCUT2D eigenvalue weighted by Gasteiger charge is 2.44. The molecular weight excluding hydrogens is 200 g/mol. The zero-order chi connectivity index (χ0) is 11.3. The molecule has 3 rings (SSSR count). The molecular formula is C13H12N2O. The van der Waals surface area contributed by atoms with Gasteiger partial charge >= 0.3 is 0 Å². The molecule has 1 heterocycles. The topological polar surface area (TPSA) is 44.1 Å². The van der Waals surface area contributed by atoms with Gasteiger partial charge < -0.3 is 4.90 Å². The summed E-state index contributed by atoms with van der Waals surface area (Å²) >= 11 is 0. The zero-order valence-corrected chi connectivity index (χ0v) is 9.10. The Labute approximate surface area is 94.3 Å². The van der Waals surface area contributed by atoms with Crippen molar-refractivity contribution in [3.63, 3.8) is 0 Å². The van der Waals surface area contributed by atoms with Gasteiger partial charge in [-0.05, 0) is 25.8 Å². The Morgan fingerprint density at radius 3 is 2.81 bits per heavy atom. The van der Waals surface area contributed by atoms with E-state index in [9.17, 15) is 10.1 Å². The molecule has 0 spiro atoms. The van der Waals surface area contributed by atoms with E-state index in [1.54, 1.807) is 4.90 Å². The van der Waals surface area contributed by atoms with Crippen molar-refractivity contribution in [2.75, 3.05) is 0 Å². The van der Waals surface area contributed by atoms with Gasteiger partial charge in [0.15, 0.2) is 0 Å². The van der Waals surface area contributed by atoms with E-state index in [4.69, 9.17) is 0 Å². The van der Waals surface area contributed by atoms with Crippen LogP contribution in [0.15, 0.2) is 18.2 Å². The molecule has 80 valence electrons. The molecule has 0 saturated heterocycles. The first-order valence-corrected chi connectivity index (χ1v) is 5.55. The number of aryl methyl sites for hydroxylation is 1. The lowest BCUT2D eigenvalue weighted by Crippen LogP contribution is -2.29. The van der Waals surface area contributed by atoms with Gasteiger partial charge in [0.05, 0.1) is 6.07 Å². The number of amides is 1. The number of hydrogen-bond acceptors (Lipinski definition) is 2. The molecule has 1 atom stereocenters. The van der Waals surface area contributed by atoms with Crippen LogP contribution in [0.25, 0.3) is 0 Å². The van der Waals surface area contributed by atoms with Crippen LogP contribution in [0.1, 0.15) is 40.4 Å². The van der Waals surface area contributed by atoms with Crippen LogP contribution in [0.5, 0.6) is 0 Å². The standard InChI is InChI=1S/C13H12N2O/c1-8-2-5-10-11(6-8)12(7-14)15(13(10)16)9-3-4-9/h2,5-6,9,12H,3-4H2,1H3. The lowest BCUT2D eigenvalue weighted by Gasteiger charge is -2.18. The SMILES string of the molecule is Cc1ccc2c(c1)C(C#N)N(C1CC1)C2=O. The lowest BCUT2D eigenvalue weighted by atomic mass is 10.0. The van der Waals surface area contributed by atoms with E-state index in [2.05, 4.69) is 6.07 Å². The molecule has 0 bridgehead atoms. The summed E-state index contributed by atoms with van der Waals surface area (Å²) in [5, 5.41) is 9.22. The Morgan fingerprint density at radius 1 is 1.44 bits per heavy atom. The van der Waals surface area contributed by atoms with Crippen LogP contribution in [0, 0.1) is 18.3 Å². The Hall–Kier alpha value is -1.82. The number of nitrogens with zero attached hydrogens (tertiary/aromatic N) is 2. The number of nitriles is 1. The average Bonchev–Trinajstić information content (AvgIpc) is 3.05. The molecule has 0 aromatic heterocycles. The third-order valence-corrected chi connectivity index (χ3v) is 3.31. The third kappa shape index (κ3) is 1.16. The first-order valence-electron chi connectivity index (χ1n) is 5.55. The largest absolute Gasteiger partial charge is 0.315 e. The molecule has 16 heavy (non-hydrogen) atoms. The normalized spacial score (nSPS) is 23.1. The fourth-order valence-corrected chi connectivity index (χ4v) is 2.37. The first-order chi connectivity index (χ1) is 7.72. The van der Waals surface area contributed by atoms with Crippen LogP contribution >= 0.6 is 0 Å². The maximum atomic E-state index is 12.1. The minimum atomic E-state index is -0.366. The summed E-state index contributed by atoms with van der Waals surface area (Å²) < 4.78 is 0. The van der Waals surface area contributed by atoms with Gasteiger partial charge in [0, 0.05) is 17.2 Å². The summed E-state index contributed by atoms with van der Waals surface area (Å²) in [5.41, 5.74) is 2.70. The average molecular weight is 212 g/mol. The van der Waals surface area contributed by atoms with Gasteiger partial charge in [-0.3, -0.25) is 4.79 Å². The van der Waals surface area contributed by atoms with Crippen LogP contribution in [0.4, 0.5) is 0 Å². The van der Waals surface area contributed by atoms with E-state index in [1.807, 2.05) is 25.1 Å². The molecule has 1 aliphatic heterocycles. The highest BCUT2D eigenvalue weighted by molar-refractivity contribution is 6.00. The second kappa shape index (κ2) is 3.08. The molecule has 0 N–H and O–H groups in total.